The predicted octanol–water partition coefficient (Wildman–Crippen LogP) is 3.20. The van der Waals surface area contributed by atoms with E-state index in [0.29, 0.717) is 21.8 Å². The number of hydrogen-bond acceptors (Lipinski definition) is 5. The first-order valence-corrected chi connectivity index (χ1v) is 10.3. The van der Waals surface area contributed by atoms with E-state index in [1.165, 1.54) is 18.2 Å². The number of nitrogens with zero attached hydrogens (tertiary/aromatic N) is 1. The van der Waals surface area contributed by atoms with Gasteiger partial charge < -0.3 is 20.6 Å². The number of hydrogen-bond donors (Lipinski definition) is 4. The first-order chi connectivity index (χ1) is 15.7. The number of carboxylic acids is 2. The number of aromatic nitrogens is 1. The SMILES string of the molecule is Cc1cc(C(=O)NC(Cc2ccccc2Cl)[C@@H](O)C(=O)O)cc(-c2ccccc2C(=O)O)n1. The Labute approximate surface area is 194 Å². The second-order valence-electron chi connectivity index (χ2n) is 7.39. The first kappa shape index (κ1) is 23.9. The van der Waals surface area contributed by atoms with E-state index < -0.39 is 30.0 Å². The molecule has 0 saturated heterocycles. The van der Waals surface area contributed by atoms with Gasteiger partial charge in [-0.2, -0.15) is 0 Å². The maximum Gasteiger partial charge on any atom is 0.336 e. The van der Waals surface area contributed by atoms with Crippen LogP contribution >= 0.6 is 11.6 Å². The van der Waals surface area contributed by atoms with Crippen LogP contribution in [-0.2, 0) is 11.2 Å². The van der Waals surface area contributed by atoms with Crippen molar-refractivity contribution in [2.24, 2.45) is 0 Å². The molecule has 0 radical (unpaired) electrons. The summed E-state index contributed by atoms with van der Waals surface area (Å²) in [5.74, 6) is -3.27. The van der Waals surface area contributed by atoms with Crippen LogP contribution in [0.1, 0.15) is 32.0 Å². The molecule has 0 spiro atoms. The Balaban J connectivity index is 1.94. The summed E-state index contributed by atoms with van der Waals surface area (Å²) in [5, 5.41) is 31.9. The number of benzene rings is 2. The Hall–Kier alpha value is -3.75. The largest absolute Gasteiger partial charge is 0.479 e. The third-order valence-electron chi connectivity index (χ3n) is 5.00. The van der Waals surface area contributed by atoms with E-state index in [0.717, 1.165) is 0 Å². The monoisotopic (exact) mass is 468 g/mol. The molecule has 0 aliphatic carbocycles. The van der Waals surface area contributed by atoms with E-state index in [-0.39, 0.29) is 23.2 Å². The van der Waals surface area contributed by atoms with Crippen molar-refractivity contribution in [3.8, 4) is 11.3 Å². The summed E-state index contributed by atoms with van der Waals surface area (Å²) in [4.78, 5) is 40.4. The molecule has 2 atom stereocenters. The molecule has 1 unspecified atom stereocenters. The van der Waals surface area contributed by atoms with Crippen molar-refractivity contribution in [1.82, 2.24) is 10.3 Å². The van der Waals surface area contributed by atoms with Crippen molar-refractivity contribution in [2.45, 2.75) is 25.5 Å². The smallest absolute Gasteiger partial charge is 0.336 e. The molecule has 0 fully saturated rings. The number of aliphatic carboxylic acids is 1. The summed E-state index contributed by atoms with van der Waals surface area (Å²) in [7, 11) is 0. The topological polar surface area (TPSA) is 137 Å². The number of aliphatic hydroxyl groups is 1. The zero-order chi connectivity index (χ0) is 24.1. The van der Waals surface area contributed by atoms with Gasteiger partial charge in [0.05, 0.1) is 17.3 Å². The Morgan fingerprint density at radius 3 is 2.36 bits per heavy atom. The zero-order valence-corrected chi connectivity index (χ0v) is 18.3. The summed E-state index contributed by atoms with van der Waals surface area (Å²) in [6, 6.07) is 14.7. The molecule has 1 amide bonds. The lowest BCUT2D eigenvalue weighted by atomic mass is 9.99. The fourth-order valence-corrected chi connectivity index (χ4v) is 3.61. The predicted molar refractivity (Wildman–Crippen MR) is 121 cm³/mol. The van der Waals surface area contributed by atoms with E-state index in [1.54, 1.807) is 49.4 Å². The highest BCUT2D eigenvalue weighted by Crippen LogP contribution is 2.24. The summed E-state index contributed by atoms with van der Waals surface area (Å²) < 4.78 is 0. The standard InChI is InChI=1S/C24H21ClN2O6/c1-13-10-15(12-19(26-13)16-7-3-4-8-17(16)23(30)31)22(29)27-20(21(28)24(32)33)11-14-6-2-5-9-18(14)25/h2-10,12,20-21,28H,11H2,1H3,(H,27,29)(H,30,31)(H,32,33)/t20?,21-/m1/s1. The van der Waals surface area contributed by atoms with E-state index in [4.69, 9.17) is 11.6 Å². The van der Waals surface area contributed by atoms with Crippen molar-refractivity contribution in [2.75, 3.05) is 0 Å². The molecule has 0 saturated carbocycles. The van der Waals surface area contributed by atoms with Crippen LogP contribution in [0.25, 0.3) is 11.3 Å². The second-order valence-corrected chi connectivity index (χ2v) is 7.80. The van der Waals surface area contributed by atoms with Crippen LogP contribution in [0.3, 0.4) is 0 Å². The Morgan fingerprint density at radius 2 is 1.70 bits per heavy atom. The molecule has 9 heteroatoms. The van der Waals surface area contributed by atoms with Crippen molar-refractivity contribution >= 4 is 29.4 Å². The van der Waals surface area contributed by atoms with Crippen LogP contribution in [-0.4, -0.2) is 50.3 Å². The van der Waals surface area contributed by atoms with Crippen molar-refractivity contribution in [1.29, 1.82) is 0 Å². The number of carbonyl (C=O) groups is 3. The van der Waals surface area contributed by atoms with E-state index in [2.05, 4.69) is 10.3 Å². The summed E-state index contributed by atoms with van der Waals surface area (Å²) in [6.45, 7) is 1.65. The molecule has 3 rings (SSSR count). The number of carbonyl (C=O) groups excluding carboxylic acids is 1. The maximum atomic E-state index is 13.0. The molecule has 1 aromatic heterocycles. The normalized spacial score (nSPS) is 12.6. The van der Waals surface area contributed by atoms with Crippen molar-refractivity contribution in [3.05, 3.63) is 88.1 Å². The first-order valence-electron chi connectivity index (χ1n) is 9.94. The Bertz CT molecular complexity index is 1210. The molecular weight excluding hydrogens is 448 g/mol. The van der Waals surface area contributed by atoms with E-state index in [9.17, 15) is 29.7 Å². The molecule has 8 nitrogen and oxygen atoms in total. The van der Waals surface area contributed by atoms with Crippen LogP contribution < -0.4 is 5.32 Å². The molecule has 170 valence electrons. The maximum absolute atomic E-state index is 13.0. The number of pyridine rings is 1. The molecule has 33 heavy (non-hydrogen) atoms. The molecule has 0 bridgehead atoms. The molecule has 4 N–H and O–H groups in total. The number of carboxylic acid groups (broad SMARTS) is 2. The number of aliphatic hydroxyl groups excluding tert-OH is 1. The fraction of sp³-hybridized carbons (Fsp3) is 0.167. The fourth-order valence-electron chi connectivity index (χ4n) is 3.40. The van der Waals surface area contributed by atoms with Gasteiger partial charge in [-0.1, -0.05) is 48.0 Å². The Kier molecular flexibility index (Phi) is 7.42. The van der Waals surface area contributed by atoms with Gasteiger partial charge in [0.25, 0.3) is 5.91 Å². The quantitative estimate of drug-likeness (QED) is 0.398. The van der Waals surface area contributed by atoms with Gasteiger partial charge in [-0.25, -0.2) is 9.59 Å². The van der Waals surface area contributed by atoms with Gasteiger partial charge in [0.1, 0.15) is 0 Å². The summed E-state index contributed by atoms with van der Waals surface area (Å²) in [6.07, 6.45) is -1.89. The number of halogens is 1. The molecule has 3 aromatic rings. The summed E-state index contributed by atoms with van der Waals surface area (Å²) in [5.41, 5.74) is 1.80. The highest BCUT2D eigenvalue weighted by molar-refractivity contribution is 6.31. The minimum atomic E-state index is -1.87. The van der Waals surface area contributed by atoms with Crippen LogP contribution in [0.4, 0.5) is 0 Å². The summed E-state index contributed by atoms with van der Waals surface area (Å²) >= 11 is 6.16. The Morgan fingerprint density at radius 1 is 1.03 bits per heavy atom. The van der Waals surface area contributed by atoms with Crippen LogP contribution in [0.15, 0.2) is 60.7 Å². The minimum Gasteiger partial charge on any atom is -0.479 e. The van der Waals surface area contributed by atoms with Gasteiger partial charge in [0.2, 0.25) is 0 Å². The van der Waals surface area contributed by atoms with Crippen LogP contribution in [0, 0.1) is 6.92 Å². The third-order valence-corrected chi connectivity index (χ3v) is 5.37. The molecular formula is C24H21ClN2O6. The zero-order valence-electron chi connectivity index (χ0n) is 17.5. The van der Waals surface area contributed by atoms with Gasteiger partial charge in [-0.15, -0.1) is 0 Å². The van der Waals surface area contributed by atoms with Gasteiger partial charge in [0.15, 0.2) is 6.10 Å². The highest BCUT2D eigenvalue weighted by atomic mass is 35.5. The molecule has 0 aliphatic rings. The lowest BCUT2D eigenvalue weighted by Crippen LogP contribution is -2.48. The number of nitrogens with one attached hydrogen (secondary N) is 1. The van der Waals surface area contributed by atoms with E-state index >= 15 is 0 Å². The van der Waals surface area contributed by atoms with E-state index in [1.807, 2.05) is 0 Å². The van der Waals surface area contributed by atoms with Gasteiger partial charge in [-0.05, 0) is 43.2 Å². The van der Waals surface area contributed by atoms with Crippen molar-refractivity contribution in [3.63, 3.8) is 0 Å². The molecule has 0 aliphatic heterocycles. The lowest BCUT2D eigenvalue weighted by Gasteiger charge is -2.22. The number of rotatable bonds is 8. The number of aromatic carboxylic acids is 1. The minimum absolute atomic E-state index is 0.0162. The third kappa shape index (κ3) is 5.74. The average molecular weight is 469 g/mol. The van der Waals surface area contributed by atoms with Gasteiger partial charge >= 0.3 is 11.9 Å². The van der Waals surface area contributed by atoms with Crippen LogP contribution in [0.2, 0.25) is 5.02 Å². The molecule has 1 heterocycles. The highest BCUT2D eigenvalue weighted by Gasteiger charge is 2.29. The molecule has 2 aromatic carbocycles. The second kappa shape index (κ2) is 10.2. The van der Waals surface area contributed by atoms with Crippen molar-refractivity contribution < 1.29 is 29.7 Å². The lowest BCUT2D eigenvalue weighted by molar-refractivity contribution is -0.148. The number of amides is 1. The average Bonchev–Trinajstić information content (AvgIpc) is 2.78. The van der Waals surface area contributed by atoms with Gasteiger partial charge in [-0.3, -0.25) is 9.78 Å². The number of aryl methyl sites for hydroxylation is 1. The van der Waals surface area contributed by atoms with Gasteiger partial charge in [0, 0.05) is 21.8 Å². The van der Waals surface area contributed by atoms with Crippen LogP contribution in [0.5, 0.6) is 0 Å².